The van der Waals surface area contributed by atoms with Crippen LogP contribution in [-0.2, 0) is 10.4 Å². The molecule has 0 fully saturated rings. The number of unbranched alkanes of at least 4 members (excludes halogenated alkanes) is 4. The number of hydrogen-bond acceptors (Lipinski definition) is 2. The number of hydrogen-bond donors (Lipinski definition) is 2. The van der Waals surface area contributed by atoms with Crippen LogP contribution in [0.1, 0.15) is 65.2 Å². The summed E-state index contributed by atoms with van der Waals surface area (Å²) in [6.45, 7) is 8.69. The zero-order chi connectivity index (χ0) is 13.7. The summed E-state index contributed by atoms with van der Waals surface area (Å²) < 4.78 is 31.6. The van der Waals surface area contributed by atoms with Crippen LogP contribution in [-0.4, -0.2) is 17.5 Å². The van der Waals surface area contributed by atoms with Crippen LogP contribution in [0.2, 0.25) is 0 Å². The van der Waals surface area contributed by atoms with E-state index in [9.17, 15) is 0 Å². The Hall–Kier alpha value is 0.870. The second kappa shape index (κ2) is 15.9. The topological polar surface area (TPSA) is 74.6 Å². The van der Waals surface area contributed by atoms with Crippen molar-refractivity contribution < 1.29 is 47.1 Å². The quantitative estimate of drug-likeness (QED) is 0.302. The summed E-state index contributed by atoms with van der Waals surface area (Å²) >= 11 is 0. The van der Waals surface area contributed by atoms with Crippen LogP contribution in [0.5, 0.6) is 0 Å². The van der Waals surface area contributed by atoms with E-state index in [0.29, 0.717) is 0 Å². The SMILES string of the molecule is O=S(=O)(O)O.[CH2-]C(CCCC)CCCCCC.[Na+]. The molecule has 0 aromatic carbocycles. The predicted octanol–water partition coefficient (Wildman–Crippen LogP) is 0.948. The van der Waals surface area contributed by atoms with Gasteiger partial charge in [0.25, 0.3) is 0 Å². The van der Waals surface area contributed by atoms with E-state index in [0.717, 1.165) is 5.92 Å². The molecule has 0 aromatic rings. The van der Waals surface area contributed by atoms with Crippen LogP contribution in [0.4, 0.5) is 0 Å². The van der Waals surface area contributed by atoms with E-state index in [1.165, 1.54) is 51.4 Å². The van der Waals surface area contributed by atoms with Crippen molar-refractivity contribution in [2.24, 2.45) is 5.92 Å². The maximum Gasteiger partial charge on any atom is 1.00 e. The molecule has 106 valence electrons. The van der Waals surface area contributed by atoms with Crippen molar-refractivity contribution in [3.63, 3.8) is 0 Å². The van der Waals surface area contributed by atoms with Crippen LogP contribution >= 0.6 is 0 Å². The van der Waals surface area contributed by atoms with Crippen LogP contribution < -0.4 is 29.6 Å². The minimum absolute atomic E-state index is 0. The Morgan fingerprint density at radius 3 is 1.72 bits per heavy atom. The summed E-state index contributed by atoms with van der Waals surface area (Å²) in [4.78, 5) is 0. The van der Waals surface area contributed by atoms with Crippen molar-refractivity contribution in [1.29, 1.82) is 0 Å². The van der Waals surface area contributed by atoms with E-state index in [2.05, 4.69) is 20.8 Å². The summed E-state index contributed by atoms with van der Waals surface area (Å²) in [5.74, 6) is 0.724. The fourth-order valence-electron chi connectivity index (χ4n) is 1.50. The standard InChI is InChI=1S/C12H25.Na.H2O4S/c1-4-6-8-9-11-12(3)10-7-5-2;;1-5(2,3)4/h12H,3-11H2,1-2H3;;(H2,1,2,3,4)/q-1;+1;. The zero-order valence-electron chi connectivity index (χ0n) is 12.1. The molecule has 0 aromatic heterocycles. The molecule has 0 saturated heterocycles. The third kappa shape index (κ3) is 36.0. The first-order valence-electron chi connectivity index (χ1n) is 6.34. The maximum absolute atomic E-state index is 8.74. The Morgan fingerprint density at radius 1 is 0.944 bits per heavy atom. The first-order chi connectivity index (χ1) is 7.81. The van der Waals surface area contributed by atoms with Gasteiger partial charge in [0.2, 0.25) is 0 Å². The summed E-state index contributed by atoms with van der Waals surface area (Å²) in [6, 6.07) is 0. The average molecular weight is 290 g/mol. The molecule has 0 aliphatic rings. The summed E-state index contributed by atoms with van der Waals surface area (Å²) in [5.41, 5.74) is 0. The zero-order valence-corrected chi connectivity index (χ0v) is 14.9. The van der Waals surface area contributed by atoms with Crippen molar-refractivity contribution in [3.05, 3.63) is 6.92 Å². The Labute approximate surface area is 135 Å². The van der Waals surface area contributed by atoms with E-state index in [-0.39, 0.29) is 29.6 Å². The summed E-state index contributed by atoms with van der Waals surface area (Å²) in [7, 11) is -4.67. The molecule has 0 bridgehead atoms. The van der Waals surface area contributed by atoms with Gasteiger partial charge in [-0.1, -0.05) is 65.2 Å². The Morgan fingerprint density at radius 2 is 1.33 bits per heavy atom. The van der Waals surface area contributed by atoms with Crippen LogP contribution in [0.15, 0.2) is 0 Å². The minimum atomic E-state index is -4.67. The van der Waals surface area contributed by atoms with Gasteiger partial charge in [0.1, 0.15) is 0 Å². The van der Waals surface area contributed by atoms with Gasteiger partial charge < -0.3 is 6.92 Å². The molecule has 1 unspecified atom stereocenters. The van der Waals surface area contributed by atoms with E-state index in [4.69, 9.17) is 17.5 Å². The Kier molecular flexibility index (Phi) is 21.2. The molecule has 4 nitrogen and oxygen atoms in total. The Bertz CT molecular complexity index is 234. The summed E-state index contributed by atoms with van der Waals surface area (Å²) in [6.07, 6.45) is 10.9. The van der Waals surface area contributed by atoms with Crippen molar-refractivity contribution in [2.45, 2.75) is 65.2 Å². The van der Waals surface area contributed by atoms with Gasteiger partial charge in [-0.15, -0.1) is 0 Å². The second-order valence-corrected chi connectivity index (χ2v) is 5.20. The predicted molar refractivity (Wildman–Crippen MR) is 71.3 cm³/mol. The van der Waals surface area contributed by atoms with Crippen molar-refractivity contribution >= 4 is 10.4 Å². The normalized spacial score (nSPS) is 12.1. The molecule has 0 rings (SSSR count). The molecule has 0 heterocycles. The largest absolute Gasteiger partial charge is 1.00 e. The third-order valence-corrected chi connectivity index (χ3v) is 2.43. The Balaban J connectivity index is -0.000000321. The van der Waals surface area contributed by atoms with Gasteiger partial charge in [-0.3, -0.25) is 9.11 Å². The second-order valence-electron chi connectivity index (χ2n) is 4.31. The fourth-order valence-corrected chi connectivity index (χ4v) is 1.50. The smallest absolute Gasteiger partial charge is 0.340 e. The van der Waals surface area contributed by atoms with E-state index < -0.39 is 10.4 Å². The van der Waals surface area contributed by atoms with Gasteiger partial charge >= 0.3 is 40.0 Å². The molecular formula is C12H27NaO4S. The molecule has 0 amide bonds. The molecular weight excluding hydrogens is 263 g/mol. The molecule has 2 N–H and O–H groups in total. The van der Waals surface area contributed by atoms with E-state index in [1.807, 2.05) is 0 Å². The number of rotatable bonds is 8. The third-order valence-electron chi connectivity index (χ3n) is 2.43. The van der Waals surface area contributed by atoms with Crippen LogP contribution in [0.25, 0.3) is 0 Å². The van der Waals surface area contributed by atoms with Crippen molar-refractivity contribution in [2.75, 3.05) is 0 Å². The first kappa shape index (κ1) is 23.9. The molecule has 6 heteroatoms. The van der Waals surface area contributed by atoms with Gasteiger partial charge in [0.05, 0.1) is 0 Å². The van der Waals surface area contributed by atoms with Crippen molar-refractivity contribution in [1.82, 2.24) is 0 Å². The maximum atomic E-state index is 8.74. The molecule has 0 saturated carbocycles. The van der Waals surface area contributed by atoms with Gasteiger partial charge in [0, 0.05) is 0 Å². The van der Waals surface area contributed by atoms with Crippen LogP contribution in [0.3, 0.4) is 0 Å². The molecule has 0 aliphatic heterocycles. The van der Waals surface area contributed by atoms with Crippen molar-refractivity contribution in [3.8, 4) is 0 Å². The van der Waals surface area contributed by atoms with Gasteiger partial charge in [-0.05, 0) is 0 Å². The fraction of sp³-hybridized carbons (Fsp3) is 0.917. The van der Waals surface area contributed by atoms with E-state index >= 15 is 0 Å². The molecule has 18 heavy (non-hydrogen) atoms. The first-order valence-corrected chi connectivity index (χ1v) is 7.73. The summed E-state index contributed by atoms with van der Waals surface area (Å²) in [5, 5.41) is 0. The molecule has 0 aliphatic carbocycles. The molecule has 1 atom stereocenters. The average Bonchev–Trinajstić information content (AvgIpc) is 2.19. The van der Waals surface area contributed by atoms with Gasteiger partial charge in [-0.2, -0.15) is 14.3 Å². The monoisotopic (exact) mass is 290 g/mol. The minimum Gasteiger partial charge on any atom is -0.340 e. The molecule has 0 spiro atoms. The van der Waals surface area contributed by atoms with E-state index in [1.54, 1.807) is 0 Å². The van der Waals surface area contributed by atoms with Crippen LogP contribution in [0, 0.1) is 12.8 Å². The van der Waals surface area contributed by atoms with Gasteiger partial charge in [-0.25, -0.2) is 0 Å². The van der Waals surface area contributed by atoms with Gasteiger partial charge in [0.15, 0.2) is 0 Å². The molecule has 0 radical (unpaired) electrons.